The van der Waals surface area contributed by atoms with Gasteiger partial charge in [-0.15, -0.1) is 6.58 Å². The maximum absolute atomic E-state index is 3.88. The second-order valence-electron chi connectivity index (χ2n) is 3.33. The van der Waals surface area contributed by atoms with Crippen molar-refractivity contribution in [3.8, 4) is 0 Å². The summed E-state index contributed by atoms with van der Waals surface area (Å²) in [7, 11) is 0. The summed E-state index contributed by atoms with van der Waals surface area (Å²) in [6.07, 6.45) is 7.46. The fraction of sp³-hybridized carbons (Fsp3) is 0.800. The Hall–Kier alpha value is -0.300. The van der Waals surface area contributed by atoms with Crippen LogP contribution in [-0.4, -0.2) is 24.0 Å². The average molecular weight is 153 g/mol. The van der Waals surface area contributed by atoms with Crippen LogP contribution >= 0.6 is 0 Å². The van der Waals surface area contributed by atoms with E-state index in [0.717, 1.165) is 0 Å². The van der Waals surface area contributed by atoms with Crippen LogP contribution < -0.4 is 0 Å². The lowest BCUT2D eigenvalue weighted by Gasteiger charge is -2.33. The molecule has 1 fully saturated rings. The van der Waals surface area contributed by atoms with Crippen molar-refractivity contribution >= 4 is 0 Å². The van der Waals surface area contributed by atoms with Crippen molar-refractivity contribution in [1.29, 1.82) is 0 Å². The van der Waals surface area contributed by atoms with Crippen molar-refractivity contribution in [2.75, 3.05) is 13.1 Å². The van der Waals surface area contributed by atoms with Gasteiger partial charge in [-0.3, -0.25) is 4.90 Å². The highest BCUT2D eigenvalue weighted by atomic mass is 15.2. The van der Waals surface area contributed by atoms with Crippen molar-refractivity contribution in [1.82, 2.24) is 4.90 Å². The van der Waals surface area contributed by atoms with E-state index in [9.17, 15) is 0 Å². The van der Waals surface area contributed by atoms with E-state index >= 15 is 0 Å². The maximum Gasteiger partial charge on any atom is 0.0275 e. The van der Waals surface area contributed by atoms with Crippen molar-refractivity contribution in [3.05, 3.63) is 12.7 Å². The molecule has 64 valence electrons. The molecule has 0 aromatic heterocycles. The van der Waals surface area contributed by atoms with Gasteiger partial charge < -0.3 is 0 Å². The lowest BCUT2D eigenvalue weighted by atomic mass is 10.0. The Labute approximate surface area is 70.1 Å². The SMILES string of the molecule is C=CC1CCCCN1CCC. The lowest BCUT2D eigenvalue weighted by molar-refractivity contribution is 0.180. The summed E-state index contributed by atoms with van der Waals surface area (Å²) in [5, 5.41) is 0. The Bertz CT molecular complexity index is 118. The average Bonchev–Trinajstić information content (AvgIpc) is 2.06. The zero-order valence-corrected chi connectivity index (χ0v) is 7.55. The van der Waals surface area contributed by atoms with Crippen molar-refractivity contribution < 1.29 is 0 Å². The minimum absolute atomic E-state index is 0.670. The second-order valence-corrected chi connectivity index (χ2v) is 3.33. The molecule has 1 saturated heterocycles. The minimum Gasteiger partial charge on any atom is -0.297 e. The molecule has 0 bridgehead atoms. The van der Waals surface area contributed by atoms with Gasteiger partial charge in [0.2, 0.25) is 0 Å². The van der Waals surface area contributed by atoms with Crippen LogP contribution in [0.25, 0.3) is 0 Å². The molecule has 0 aliphatic carbocycles. The molecule has 0 N–H and O–H groups in total. The summed E-state index contributed by atoms with van der Waals surface area (Å²) in [5.41, 5.74) is 0. The summed E-state index contributed by atoms with van der Waals surface area (Å²) in [6.45, 7) is 8.65. The molecule has 0 radical (unpaired) electrons. The van der Waals surface area contributed by atoms with Gasteiger partial charge in [-0.25, -0.2) is 0 Å². The van der Waals surface area contributed by atoms with Crippen LogP contribution in [0.5, 0.6) is 0 Å². The quantitative estimate of drug-likeness (QED) is 0.563. The van der Waals surface area contributed by atoms with Crippen LogP contribution in [0.3, 0.4) is 0 Å². The van der Waals surface area contributed by atoms with Gasteiger partial charge in [-0.05, 0) is 32.4 Å². The van der Waals surface area contributed by atoms with Gasteiger partial charge in [-0.2, -0.15) is 0 Å². The molecule has 1 unspecified atom stereocenters. The molecule has 0 saturated carbocycles. The Balaban J connectivity index is 2.37. The van der Waals surface area contributed by atoms with E-state index in [-0.39, 0.29) is 0 Å². The molecule has 1 heteroatoms. The summed E-state index contributed by atoms with van der Waals surface area (Å²) >= 11 is 0. The lowest BCUT2D eigenvalue weighted by Crippen LogP contribution is -2.38. The fourth-order valence-corrected chi connectivity index (χ4v) is 1.85. The summed E-state index contributed by atoms with van der Waals surface area (Å²) in [6, 6.07) is 0.670. The predicted molar refractivity (Wildman–Crippen MR) is 49.7 cm³/mol. The second kappa shape index (κ2) is 4.55. The van der Waals surface area contributed by atoms with E-state index in [0.29, 0.717) is 6.04 Å². The minimum atomic E-state index is 0.670. The highest BCUT2D eigenvalue weighted by Crippen LogP contribution is 2.17. The number of hydrogen-bond acceptors (Lipinski definition) is 1. The first-order valence-corrected chi connectivity index (χ1v) is 4.75. The molecule has 1 nitrogen and oxygen atoms in total. The number of nitrogens with zero attached hydrogens (tertiary/aromatic N) is 1. The Kier molecular flexibility index (Phi) is 3.64. The largest absolute Gasteiger partial charge is 0.297 e. The first-order chi connectivity index (χ1) is 5.38. The van der Waals surface area contributed by atoms with Crippen molar-refractivity contribution in [2.24, 2.45) is 0 Å². The summed E-state index contributed by atoms with van der Waals surface area (Å²) in [4.78, 5) is 2.55. The number of rotatable bonds is 3. The van der Waals surface area contributed by atoms with Gasteiger partial charge in [0.15, 0.2) is 0 Å². The molecule has 1 atom stereocenters. The van der Waals surface area contributed by atoms with E-state index < -0.39 is 0 Å². The predicted octanol–water partition coefficient (Wildman–Crippen LogP) is 2.44. The van der Waals surface area contributed by atoms with Crippen molar-refractivity contribution in [2.45, 2.75) is 38.6 Å². The van der Waals surface area contributed by atoms with Crippen LogP contribution in [-0.2, 0) is 0 Å². The van der Waals surface area contributed by atoms with Gasteiger partial charge in [0.05, 0.1) is 0 Å². The number of piperidine rings is 1. The van der Waals surface area contributed by atoms with Crippen molar-refractivity contribution in [3.63, 3.8) is 0 Å². The molecule has 0 spiro atoms. The van der Waals surface area contributed by atoms with Crippen LogP contribution in [0, 0.1) is 0 Å². The van der Waals surface area contributed by atoms with Crippen LogP contribution in [0.4, 0.5) is 0 Å². The van der Waals surface area contributed by atoms with E-state index in [1.807, 2.05) is 0 Å². The zero-order valence-electron chi connectivity index (χ0n) is 7.55. The van der Waals surface area contributed by atoms with E-state index in [2.05, 4.69) is 24.5 Å². The van der Waals surface area contributed by atoms with Gasteiger partial charge in [0.1, 0.15) is 0 Å². The summed E-state index contributed by atoms with van der Waals surface area (Å²) in [5.74, 6) is 0. The van der Waals surface area contributed by atoms with Gasteiger partial charge >= 0.3 is 0 Å². The first kappa shape index (κ1) is 8.79. The smallest absolute Gasteiger partial charge is 0.0275 e. The van der Waals surface area contributed by atoms with E-state index in [4.69, 9.17) is 0 Å². The van der Waals surface area contributed by atoms with Crippen LogP contribution in [0.2, 0.25) is 0 Å². The molecular weight excluding hydrogens is 134 g/mol. The Morgan fingerprint density at radius 3 is 3.00 bits per heavy atom. The molecule has 11 heavy (non-hydrogen) atoms. The molecule has 1 heterocycles. The van der Waals surface area contributed by atoms with Crippen LogP contribution in [0.1, 0.15) is 32.6 Å². The molecule has 0 aromatic rings. The highest BCUT2D eigenvalue weighted by Gasteiger charge is 2.17. The molecule has 0 aromatic carbocycles. The number of likely N-dealkylation sites (tertiary alicyclic amines) is 1. The van der Waals surface area contributed by atoms with Gasteiger partial charge in [0.25, 0.3) is 0 Å². The molecule has 1 rings (SSSR count). The first-order valence-electron chi connectivity index (χ1n) is 4.75. The Morgan fingerprint density at radius 1 is 1.55 bits per heavy atom. The number of hydrogen-bond donors (Lipinski definition) is 0. The summed E-state index contributed by atoms with van der Waals surface area (Å²) < 4.78 is 0. The third kappa shape index (κ3) is 2.33. The third-order valence-corrected chi connectivity index (χ3v) is 2.45. The fourth-order valence-electron chi connectivity index (χ4n) is 1.85. The molecule has 0 amide bonds. The topological polar surface area (TPSA) is 3.24 Å². The maximum atomic E-state index is 3.88. The molecule has 1 aliphatic heterocycles. The third-order valence-electron chi connectivity index (χ3n) is 2.45. The standard InChI is InChI=1S/C10H19N/c1-3-8-11-9-6-5-7-10(11)4-2/h4,10H,2-3,5-9H2,1H3. The molecular formula is C10H19N. The van der Waals surface area contributed by atoms with E-state index in [1.54, 1.807) is 0 Å². The van der Waals surface area contributed by atoms with Gasteiger partial charge in [0, 0.05) is 6.04 Å². The monoisotopic (exact) mass is 153 g/mol. The molecule has 1 aliphatic rings. The van der Waals surface area contributed by atoms with Crippen LogP contribution in [0.15, 0.2) is 12.7 Å². The van der Waals surface area contributed by atoms with Gasteiger partial charge in [-0.1, -0.05) is 19.4 Å². The Morgan fingerprint density at radius 2 is 2.36 bits per heavy atom. The normalized spacial score (nSPS) is 26.8. The zero-order chi connectivity index (χ0) is 8.10. The highest BCUT2D eigenvalue weighted by molar-refractivity contribution is 4.90. The van der Waals surface area contributed by atoms with E-state index in [1.165, 1.54) is 38.8 Å².